The minimum Gasteiger partial charge on any atom is -0.396 e. The normalized spacial score (nSPS) is 25.8. The summed E-state index contributed by atoms with van der Waals surface area (Å²) >= 11 is 0. The Kier molecular flexibility index (Phi) is 4.29. The highest BCUT2D eigenvalue weighted by molar-refractivity contribution is 5.81. The molecule has 2 fully saturated rings. The van der Waals surface area contributed by atoms with E-state index >= 15 is 0 Å². The van der Waals surface area contributed by atoms with E-state index in [1.807, 2.05) is 12.3 Å². The summed E-state index contributed by atoms with van der Waals surface area (Å²) in [4.78, 5) is 9.69. The average molecular weight is 311 g/mol. The fraction of sp³-hybridized carbons (Fsp3) is 0.526. The smallest absolute Gasteiger partial charge is 0.0705 e. The summed E-state index contributed by atoms with van der Waals surface area (Å²) in [5.74, 6) is 0. The standard InChI is InChI=1S/C19H25N3O/c23-11-8-17-13-21-10-3-4-16(21)14-22(17)12-15-7-9-20-19-6-2-1-5-18(15)19/h1-2,5-7,9,16-17,23H,3-4,8,10-14H2/t16?,17-/m0/s1. The molecule has 0 amide bonds. The highest BCUT2D eigenvalue weighted by atomic mass is 16.3. The molecule has 122 valence electrons. The van der Waals surface area contributed by atoms with Gasteiger partial charge in [0, 0.05) is 49.9 Å². The molecular weight excluding hydrogens is 286 g/mol. The maximum atomic E-state index is 9.46. The predicted octanol–water partition coefficient (Wildman–Crippen LogP) is 2.27. The number of nitrogens with zero attached hydrogens (tertiary/aromatic N) is 3. The van der Waals surface area contributed by atoms with Gasteiger partial charge < -0.3 is 5.11 Å². The van der Waals surface area contributed by atoms with Crippen molar-refractivity contribution in [2.45, 2.75) is 37.9 Å². The van der Waals surface area contributed by atoms with Gasteiger partial charge in [-0.05, 0) is 43.5 Å². The summed E-state index contributed by atoms with van der Waals surface area (Å²) in [5, 5.41) is 10.7. The first-order valence-corrected chi connectivity index (χ1v) is 8.77. The summed E-state index contributed by atoms with van der Waals surface area (Å²) in [5.41, 5.74) is 2.42. The van der Waals surface area contributed by atoms with E-state index in [0.29, 0.717) is 12.1 Å². The molecule has 1 aromatic carbocycles. The topological polar surface area (TPSA) is 39.6 Å². The SMILES string of the molecule is OCC[C@H]1CN2CCCC2CN1Cc1ccnc2ccccc12. The van der Waals surface area contributed by atoms with Crippen molar-refractivity contribution in [2.24, 2.45) is 0 Å². The highest BCUT2D eigenvalue weighted by Crippen LogP contribution is 2.28. The second-order valence-corrected chi connectivity index (χ2v) is 6.87. The monoisotopic (exact) mass is 311 g/mol. The Bertz CT molecular complexity index is 669. The van der Waals surface area contributed by atoms with E-state index in [1.165, 1.54) is 30.3 Å². The first-order chi connectivity index (χ1) is 11.3. The van der Waals surface area contributed by atoms with Gasteiger partial charge in [0.25, 0.3) is 0 Å². The van der Waals surface area contributed by atoms with Crippen LogP contribution in [0.5, 0.6) is 0 Å². The van der Waals surface area contributed by atoms with E-state index in [9.17, 15) is 5.11 Å². The second kappa shape index (κ2) is 6.56. The fourth-order valence-electron chi connectivity index (χ4n) is 4.28. The third-order valence-corrected chi connectivity index (χ3v) is 5.48. The lowest BCUT2D eigenvalue weighted by molar-refractivity contribution is 0.0336. The molecule has 2 aliphatic heterocycles. The van der Waals surface area contributed by atoms with Crippen molar-refractivity contribution < 1.29 is 5.11 Å². The Hall–Kier alpha value is -1.49. The van der Waals surface area contributed by atoms with E-state index in [1.54, 1.807) is 0 Å². The number of aliphatic hydroxyl groups excluding tert-OH is 1. The van der Waals surface area contributed by atoms with Crippen LogP contribution < -0.4 is 0 Å². The van der Waals surface area contributed by atoms with Gasteiger partial charge in [0.15, 0.2) is 0 Å². The summed E-state index contributed by atoms with van der Waals surface area (Å²) in [6.45, 7) is 4.70. The number of benzene rings is 1. The molecule has 2 atom stereocenters. The molecule has 0 bridgehead atoms. The second-order valence-electron chi connectivity index (χ2n) is 6.87. The molecule has 2 aliphatic rings. The Morgan fingerprint density at radius 1 is 1.17 bits per heavy atom. The van der Waals surface area contributed by atoms with Crippen LogP contribution in [-0.2, 0) is 6.54 Å². The van der Waals surface area contributed by atoms with Crippen LogP contribution in [0, 0.1) is 0 Å². The molecule has 0 aliphatic carbocycles. The molecular formula is C19H25N3O. The number of pyridine rings is 1. The number of hydrogen-bond donors (Lipinski definition) is 1. The van der Waals surface area contributed by atoms with Crippen molar-refractivity contribution >= 4 is 10.9 Å². The Labute approximate surface area is 137 Å². The van der Waals surface area contributed by atoms with Crippen molar-refractivity contribution in [3.63, 3.8) is 0 Å². The fourth-order valence-corrected chi connectivity index (χ4v) is 4.28. The third kappa shape index (κ3) is 2.99. The van der Waals surface area contributed by atoms with Crippen LogP contribution in [0.15, 0.2) is 36.5 Å². The van der Waals surface area contributed by atoms with E-state index < -0.39 is 0 Å². The van der Waals surface area contributed by atoms with Gasteiger partial charge in [0.05, 0.1) is 5.52 Å². The summed E-state index contributed by atoms with van der Waals surface area (Å²) < 4.78 is 0. The van der Waals surface area contributed by atoms with Crippen LogP contribution >= 0.6 is 0 Å². The van der Waals surface area contributed by atoms with Crippen molar-refractivity contribution in [1.82, 2.24) is 14.8 Å². The number of para-hydroxylation sites is 1. The lowest BCUT2D eigenvalue weighted by Crippen LogP contribution is -2.55. The Morgan fingerprint density at radius 2 is 2.09 bits per heavy atom. The summed E-state index contributed by atoms with van der Waals surface area (Å²) in [6, 6.07) is 11.7. The van der Waals surface area contributed by atoms with Crippen molar-refractivity contribution in [2.75, 3.05) is 26.2 Å². The van der Waals surface area contributed by atoms with Crippen molar-refractivity contribution in [1.29, 1.82) is 0 Å². The molecule has 4 heteroatoms. The largest absolute Gasteiger partial charge is 0.396 e. The Morgan fingerprint density at radius 3 is 3.00 bits per heavy atom. The van der Waals surface area contributed by atoms with Crippen molar-refractivity contribution in [3.8, 4) is 0 Å². The van der Waals surface area contributed by atoms with Crippen LogP contribution in [-0.4, -0.2) is 58.2 Å². The zero-order valence-corrected chi connectivity index (χ0v) is 13.6. The number of rotatable bonds is 4. The zero-order chi connectivity index (χ0) is 15.6. The van der Waals surface area contributed by atoms with Gasteiger partial charge in [-0.2, -0.15) is 0 Å². The lowest BCUT2D eigenvalue weighted by atomic mass is 10.0. The maximum Gasteiger partial charge on any atom is 0.0705 e. The first kappa shape index (κ1) is 15.1. The van der Waals surface area contributed by atoms with Crippen LogP contribution in [0.25, 0.3) is 10.9 Å². The summed E-state index contributed by atoms with van der Waals surface area (Å²) in [6.07, 6.45) is 5.43. The number of aromatic nitrogens is 1. The molecule has 2 saturated heterocycles. The van der Waals surface area contributed by atoms with Gasteiger partial charge in [-0.15, -0.1) is 0 Å². The van der Waals surface area contributed by atoms with E-state index in [2.05, 4.69) is 39.0 Å². The predicted molar refractivity (Wildman–Crippen MR) is 92.2 cm³/mol. The average Bonchev–Trinajstić information content (AvgIpc) is 3.03. The third-order valence-electron chi connectivity index (χ3n) is 5.48. The van der Waals surface area contributed by atoms with E-state index in [-0.39, 0.29) is 6.61 Å². The van der Waals surface area contributed by atoms with Gasteiger partial charge in [-0.25, -0.2) is 0 Å². The number of fused-ring (bicyclic) bond motifs is 2. The minimum absolute atomic E-state index is 0.275. The highest BCUT2D eigenvalue weighted by Gasteiger charge is 2.35. The van der Waals surface area contributed by atoms with Gasteiger partial charge in [0.2, 0.25) is 0 Å². The van der Waals surface area contributed by atoms with Crippen LogP contribution in [0.1, 0.15) is 24.8 Å². The van der Waals surface area contributed by atoms with Gasteiger partial charge in [-0.3, -0.25) is 14.8 Å². The number of piperazine rings is 1. The summed E-state index contributed by atoms with van der Waals surface area (Å²) in [7, 11) is 0. The molecule has 23 heavy (non-hydrogen) atoms. The number of hydrogen-bond acceptors (Lipinski definition) is 4. The van der Waals surface area contributed by atoms with E-state index in [0.717, 1.165) is 31.6 Å². The van der Waals surface area contributed by atoms with Crippen LogP contribution in [0.3, 0.4) is 0 Å². The molecule has 0 spiro atoms. The van der Waals surface area contributed by atoms with Crippen molar-refractivity contribution in [3.05, 3.63) is 42.1 Å². The quantitative estimate of drug-likeness (QED) is 0.940. The molecule has 0 saturated carbocycles. The molecule has 3 heterocycles. The molecule has 1 N–H and O–H groups in total. The lowest BCUT2D eigenvalue weighted by Gasteiger charge is -2.43. The molecule has 2 aromatic rings. The maximum absolute atomic E-state index is 9.46. The van der Waals surface area contributed by atoms with Gasteiger partial charge in [-0.1, -0.05) is 18.2 Å². The number of aliphatic hydroxyl groups is 1. The van der Waals surface area contributed by atoms with Gasteiger partial charge in [0.1, 0.15) is 0 Å². The minimum atomic E-state index is 0.275. The van der Waals surface area contributed by atoms with Gasteiger partial charge >= 0.3 is 0 Å². The van der Waals surface area contributed by atoms with Crippen LogP contribution in [0.2, 0.25) is 0 Å². The Balaban J connectivity index is 1.59. The van der Waals surface area contributed by atoms with E-state index in [4.69, 9.17) is 0 Å². The van der Waals surface area contributed by atoms with Crippen LogP contribution in [0.4, 0.5) is 0 Å². The molecule has 1 unspecified atom stereocenters. The molecule has 1 aromatic heterocycles. The molecule has 4 nitrogen and oxygen atoms in total. The zero-order valence-electron chi connectivity index (χ0n) is 13.6. The molecule has 4 rings (SSSR count). The molecule has 0 radical (unpaired) electrons. The first-order valence-electron chi connectivity index (χ1n) is 8.77.